The maximum atomic E-state index is 6.22. The van der Waals surface area contributed by atoms with Crippen LogP contribution in [0.2, 0.25) is 0 Å². The fourth-order valence-electron chi connectivity index (χ4n) is 7.60. The van der Waals surface area contributed by atoms with Crippen molar-refractivity contribution < 1.29 is 32.9 Å². The van der Waals surface area contributed by atoms with Crippen molar-refractivity contribution in [2.24, 2.45) is 0 Å². The molecule has 4 aromatic carbocycles. The summed E-state index contributed by atoms with van der Waals surface area (Å²) in [7, 11) is 6.42. The van der Waals surface area contributed by atoms with Crippen LogP contribution >= 0.6 is 11.3 Å². The van der Waals surface area contributed by atoms with E-state index in [1.54, 1.807) is 39.8 Å². The lowest BCUT2D eigenvalue weighted by Crippen LogP contribution is -2.46. The summed E-state index contributed by atoms with van der Waals surface area (Å²) in [5, 5.41) is 5.37. The van der Waals surface area contributed by atoms with Crippen LogP contribution in [0.4, 0.5) is 0 Å². The third-order valence-electron chi connectivity index (χ3n) is 11.0. The molecule has 0 bridgehead atoms. The van der Waals surface area contributed by atoms with Gasteiger partial charge in [-0.05, 0) is 106 Å². The van der Waals surface area contributed by atoms with E-state index in [2.05, 4.69) is 57.4 Å². The van der Waals surface area contributed by atoms with Crippen LogP contribution in [0.5, 0.6) is 34.5 Å². The van der Waals surface area contributed by atoms with Gasteiger partial charge in [0.25, 0.3) is 0 Å². The van der Waals surface area contributed by atoms with E-state index in [0.717, 1.165) is 58.8 Å². The summed E-state index contributed by atoms with van der Waals surface area (Å²) in [6.45, 7) is 8.44. The van der Waals surface area contributed by atoms with Crippen LogP contribution in [-0.4, -0.2) is 101 Å². The predicted molar refractivity (Wildman–Crippen MR) is 239 cm³/mol. The van der Waals surface area contributed by atoms with Crippen LogP contribution in [0, 0.1) is 0 Å². The van der Waals surface area contributed by atoms with Gasteiger partial charge in [0.1, 0.15) is 16.5 Å². The molecule has 6 aromatic rings. The maximum Gasteiger partial charge on any atom is 0.203 e. The smallest absolute Gasteiger partial charge is 0.203 e. The highest BCUT2D eigenvalue weighted by molar-refractivity contribution is 7.21. The molecule has 0 N–H and O–H groups in total. The molecular formula is C48H58N4O7S. The number of ether oxygens (including phenoxy) is 6. The predicted octanol–water partition coefficient (Wildman–Crippen LogP) is 10.5. The molecule has 0 amide bonds. The molecule has 60 heavy (non-hydrogen) atoms. The Bertz CT molecular complexity index is 2170. The van der Waals surface area contributed by atoms with Crippen molar-refractivity contribution >= 4 is 21.6 Å². The molecule has 1 fully saturated rings. The molecule has 0 spiro atoms. The van der Waals surface area contributed by atoms with Crippen molar-refractivity contribution in [1.82, 2.24) is 19.9 Å². The summed E-state index contributed by atoms with van der Waals surface area (Å²) in [6.07, 6.45) is 9.33. The number of piperazine rings is 1. The molecule has 7 rings (SSSR count). The van der Waals surface area contributed by atoms with Gasteiger partial charge in [0.05, 0.1) is 51.9 Å². The normalized spacial score (nSPS) is 13.4. The highest BCUT2D eigenvalue weighted by atomic mass is 32.1. The van der Waals surface area contributed by atoms with Gasteiger partial charge in [0.2, 0.25) is 5.75 Å². The third kappa shape index (κ3) is 11.3. The second kappa shape index (κ2) is 21.8. The summed E-state index contributed by atoms with van der Waals surface area (Å²) in [5.41, 5.74) is 4.47. The van der Waals surface area contributed by atoms with Crippen LogP contribution in [0.25, 0.3) is 43.4 Å². The van der Waals surface area contributed by atoms with E-state index in [-0.39, 0.29) is 0 Å². The zero-order valence-electron chi connectivity index (χ0n) is 35.5. The molecule has 11 nitrogen and oxygen atoms in total. The lowest BCUT2D eigenvalue weighted by molar-refractivity contribution is 0.128. The molecule has 1 saturated heterocycles. The van der Waals surface area contributed by atoms with E-state index >= 15 is 0 Å². The summed E-state index contributed by atoms with van der Waals surface area (Å²) in [5.74, 6) is 4.54. The number of hydrogen-bond acceptors (Lipinski definition) is 12. The highest BCUT2D eigenvalue weighted by Gasteiger charge is 2.19. The first-order valence-corrected chi connectivity index (χ1v) is 22.0. The molecular weight excluding hydrogens is 777 g/mol. The van der Waals surface area contributed by atoms with Gasteiger partial charge < -0.3 is 42.7 Å². The maximum absolute atomic E-state index is 6.22. The number of rotatable bonds is 23. The van der Waals surface area contributed by atoms with Gasteiger partial charge in [-0.15, -0.1) is 11.3 Å². The molecule has 318 valence electrons. The van der Waals surface area contributed by atoms with Crippen molar-refractivity contribution in [2.45, 2.75) is 51.4 Å². The largest absolute Gasteiger partial charge is 0.494 e. The number of fused-ring (bicyclic) bond motifs is 1. The Morgan fingerprint density at radius 3 is 1.80 bits per heavy atom. The van der Waals surface area contributed by atoms with E-state index in [9.17, 15) is 0 Å². The Kier molecular flexibility index (Phi) is 15.6. The molecule has 3 heterocycles. The highest BCUT2D eigenvalue weighted by Crippen LogP contribution is 2.42. The van der Waals surface area contributed by atoms with Crippen LogP contribution in [0.15, 0.2) is 89.5 Å². The first-order chi connectivity index (χ1) is 29.5. The Balaban J connectivity index is 0.729. The molecule has 0 saturated carbocycles. The van der Waals surface area contributed by atoms with E-state index in [0.29, 0.717) is 46.8 Å². The van der Waals surface area contributed by atoms with Crippen LogP contribution in [0.3, 0.4) is 0 Å². The van der Waals surface area contributed by atoms with Gasteiger partial charge in [-0.2, -0.15) is 0 Å². The minimum absolute atomic E-state index is 0.524. The summed E-state index contributed by atoms with van der Waals surface area (Å²) >= 11 is 1.73. The number of para-hydroxylation sites is 1. The zero-order valence-corrected chi connectivity index (χ0v) is 36.3. The van der Waals surface area contributed by atoms with Gasteiger partial charge in [-0.3, -0.25) is 0 Å². The number of nitrogens with zero attached hydrogens (tertiary/aromatic N) is 4. The molecule has 0 aliphatic carbocycles. The van der Waals surface area contributed by atoms with E-state index in [4.69, 9.17) is 37.9 Å². The van der Waals surface area contributed by atoms with Crippen molar-refractivity contribution in [1.29, 1.82) is 0 Å². The molecule has 1 aliphatic heterocycles. The number of thiazole rings is 1. The lowest BCUT2D eigenvalue weighted by Gasteiger charge is -2.34. The first-order valence-electron chi connectivity index (χ1n) is 21.2. The number of unbranched alkanes of at least 4 members (excludes halogenated alkanes) is 6. The average Bonchev–Trinajstić information content (AvgIpc) is 3.97. The number of hydrogen-bond donors (Lipinski definition) is 0. The fourth-order valence-corrected chi connectivity index (χ4v) is 8.57. The Labute approximate surface area is 358 Å². The first kappa shape index (κ1) is 42.8. The van der Waals surface area contributed by atoms with E-state index in [1.165, 1.54) is 76.1 Å². The Morgan fingerprint density at radius 1 is 0.567 bits per heavy atom. The molecule has 0 unspecified atom stereocenters. The second-order valence-corrected chi connectivity index (χ2v) is 16.1. The van der Waals surface area contributed by atoms with Crippen LogP contribution in [0.1, 0.15) is 51.4 Å². The standard InChI is InChI=1S/C48H58N4O7S/c1-53-41-22-19-36(42-34-40(50-59-42)37-32-44(54-2)47(56-4)45(33-37)55-3)31-43(41)58-30-14-8-6-12-24-52-27-25-51(26-28-52)23-11-5-7-13-29-57-38-20-17-35(18-21-38)48-49-39-15-9-10-16-46(39)60-48/h9-10,15-22,31-34H,5-8,11-14,23-30H2,1-4H3. The fraction of sp³-hybridized carbons (Fsp3) is 0.417. The molecule has 0 atom stereocenters. The Morgan fingerprint density at radius 2 is 1.17 bits per heavy atom. The average molecular weight is 835 g/mol. The zero-order chi connectivity index (χ0) is 41.5. The number of aromatic nitrogens is 2. The van der Waals surface area contributed by atoms with Crippen LogP contribution in [-0.2, 0) is 0 Å². The number of methoxy groups -OCH3 is 4. The summed E-state index contributed by atoms with van der Waals surface area (Å²) < 4.78 is 41.3. The van der Waals surface area contributed by atoms with Crippen LogP contribution < -0.4 is 28.4 Å². The molecule has 2 aromatic heterocycles. The van der Waals surface area contributed by atoms with Crippen molar-refractivity contribution in [3.05, 3.63) is 84.9 Å². The quantitative estimate of drug-likeness (QED) is 0.0577. The van der Waals surface area contributed by atoms with Gasteiger partial charge in [-0.25, -0.2) is 4.98 Å². The number of benzene rings is 4. The topological polar surface area (TPSA) is 101 Å². The lowest BCUT2D eigenvalue weighted by atomic mass is 10.1. The van der Waals surface area contributed by atoms with Gasteiger partial charge in [0, 0.05) is 48.9 Å². The Hall–Kier alpha value is -5.30. The van der Waals surface area contributed by atoms with Crippen molar-refractivity contribution in [3.63, 3.8) is 0 Å². The summed E-state index contributed by atoms with van der Waals surface area (Å²) in [4.78, 5) is 10.0. The second-order valence-electron chi connectivity index (χ2n) is 15.1. The molecule has 0 radical (unpaired) electrons. The van der Waals surface area contributed by atoms with Gasteiger partial charge >= 0.3 is 0 Å². The van der Waals surface area contributed by atoms with E-state index < -0.39 is 0 Å². The van der Waals surface area contributed by atoms with Crippen molar-refractivity contribution in [2.75, 3.05) is 80.9 Å². The van der Waals surface area contributed by atoms with Gasteiger partial charge in [-0.1, -0.05) is 43.0 Å². The third-order valence-corrected chi connectivity index (χ3v) is 12.1. The van der Waals surface area contributed by atoms with E-state index in [1.807, 2.05) is 42.5 Å². The van der Waals surface area contributed by atoms with Crippen molar-refractivity contribution in [3.8, 4) is 67.6 Å². The SMILES string of the molecule is COc1ccc(-c2cc(-c3cc(OC)c(OC)c(OC)c3)no2)cc1OCCCCCCN1CCN(CCCCCCOc2ccc(-c3nc4ccccc4s3)cc2)CC1. The minimum atomic E-state index is 0.524. The molecule has 1 aliphatic rings. The monoisotopic (exact) mass is 834 g/mol. The van der Waals surface area contributed by atoms with Gasteiger partial charge in [0.15, 0.2) is 28.8 Å². The summed E-state index contributed by atoms with van der Waals surface area (Å²) in [6, 6.07) is 28.0. The minimum Gasteiger partial charge on any atom is -0.494 e. The molecule has 12 heteroatoms.